The van der Waals surface area contributed by atoms with E-state index in [0.717, 1.165) is 19.5 Å². The molecule has 17 heavy (non-hydrogen) atoms. The van der Waals surface area contributed by atoms with E-state index in [9.17, 15) is 4.79 Å². The maximum absolute atomic E-state index is 11.6. The van der Waals surface area contributed by atoms with E-state index in [1.54, 1.807) is 11.9 Å². The van der Waals surface area contributed by atoms with E-state index in [2.05, 4.69) is 4.90 Å². The number of likely N-dealkylation sites (N-methyl/N-ethyl adjacent to an activating group) is 1. The number of hydrogen-bond acceptors (Lipinski definition) is 4. The van der Waals surface area contributed by atoms with E-state index >= 15 is 0 Å². The van der Waals surface area contributed by atoms with Crippen LogP contribution in [0.5, 0.6) is 0 Å². The molecule has 0 aliphatic heterocycles. The van der Waals surface area contributed by atoms with Gasteiger partial charge >= 0.3 is 6.09 Å². The van der Waals surface area contributed by atoms with Crippen molar-refractivity contribution in [2.75, 3.05) is 40.3 Å². The largest absolute Gasteiger partial charge is 0.444 e. The van der Waals surface area contributed by atoms with Crippen LogP contribution in [0.25, 0.3) is 0 Å². The highest BCUT2D eigenvalue weighted by Gasteiger charge is 2.19. The van der Waals surface area contributed by atoms with E-state index in [4.69, 9.17) is 10.5 Å². The molecule has 0 spiro atoms. The standard InChI is InChI=1S/C12H27N3O2/c1-12(2,3)17-11(16)15(5)9-6-8-14(4)10-7-13/h6-10,13H2,1-5H3. The summed E-state index contributed by atoms with van der Waals surface area (Å²) in [6.07, 6.45) is 0.658. The van der Waals surface area contributed by atoms with Crippen molar-refractivity contribution < 1.29 is 9.53 Å². The average Bonchev–Trinajstić information content (AvgIpc) is 2.15. The zero-order chi connectivity index (χ0) is 13.5. The molecule has 0 atom stereocenters. The first-order valence-electron chi connectivity index (χ1n) is 6.09. The lowest BCUT2D eigenvalue weighted by atomic mass is 10.2. The quantitative estimate of drug-likeness (QED) is 0.762. The molecular formula is C12H27N3O2. The van der Waals surface area contributed by atoms with Gasteiger partial charge in [-0.15, -0.1) is 0 Å². The van der Waals surface area contributed by atoms with Crippen LogP contribution in [0.4, 0.5) is 4.79 Å². The summed E-state index contributed by atoms with van der Waals surface area (Å²) in [7, 11) is 3.79. The Hall–Kier alpha value is -0.810. The van der Waals surface area contributed by atoms with Crippen molar-refractivity contribution in [2.24, 2.45) is 5.73 Å². The van der Waals surface area contributed by atoms with Crippen LogP contribution in [0.15, 0.2) is 0 Å². The van der Waals surface area contributed by atoms with Gasteiger partial charge in [0.15, 0.2) is 0 Å². The van der Waals surface area contributed by atoms with Gasteiger partial charge in [0.25, 0.3) is 0 Å². The second kappa shape index (κ2) is 7.50. The van der Waals surface area contributed by atoms with Gasteiger partial charge < -0.3 is 20.3 Å². The van der Waals surface area contributed by atoms with Crippen LogP contribution in [0, 0.1) is 0 Å². The molecule has 2 N–H and O–H groups in total. The minimum absolute atomic E-state index is 0.265. The lowest BCUT2D eigenvalue weighted by Gasteiger charge is -2.25. The third kappa shape index (κ3) is 8.94. The fraction of sp³-hybridized carbons (Fsp3) is 0.917. The molecule has 5 heteroatoms. The predicted molar refractivity (Wildman–Crippen MR) is 70.0 cm³/mol. The molecule has 0 radical (unpaired) electrons. The van der Waals surface area contributed by atoms with Gasteiger partial charge in [-0.1, -0.05) is 0 Å². The summed E-state index contributed by atoms with van der Waals surface area (Å²) >= 11 is 0. The van der Waals surface area contributed by atoms with Crippen LogP contribution in [0.1, 0.15) is 27.2 Å². The molecule has 0 saturated heterocycles. The van der Waals surface area contributed by atoms with Crippen LogP contribution in [-0.2, 0) is 4.74 Å². The van der Waals surface area contributed by atoms with Crippen LogP contribution in [-0.4, -0.2) is 61.8 Å². The first-order chi connectivity index (χ1) is 7.76. The highest BCUT2D eigenvalue weighted by atomic mass is 16.6. The van der Waals surface area contributed by atoms with Gasteiger partial charge in [0.1, 0.15) is 5.60 Å². The van der Waals surface area contributed by atoms with Crippen LogP contribution < -0.4 is 5.73 Å². The van der Waals surface area contributed by atoms with Crippen molar-refractivity contribution in [3.05, 3.63) is 0 Å². The minimum atomic E-state index is -0.429. The predicted octanol–water partition coefficient (Wildman–Crippen LogP) is 1.13. The topological polar surface area (TPSA) is 58.8 Å². The average molecular weight is 245 g/mol. The van der Waals surface area contributed by atoms with Gasteiger partial charge in [0.05, 0.1) is 0 Å². The molecule has 0 bridgehead atoms. The Bertz CT molecular complexity index is 226. The molecule has 0 saturated carbocycles. The lowest BCUT2D eigenvalue weighted by Crippen LogP contribution is -2.36. The minimum Gasteiger partial charge on any atom is -0.444 e. The molecule has 0 aliphatic rings. The molecule has 0 aromatic heterocycles. The normalized spacial score (nSPS) is 11.7. The number of nitrogens with two attached hydrogens (primary N) is 1. The first kappa shape index (κ1) is 16.2. The highest BCUT2D eigenvalue weighted by molar-refractivity contribution is 5.67. The van der Waals surface area contributed by atoms with E-state index in [0.29, 0.717) is 13.1 Å². The van der Waals surface area contributed by atoms with Gasteiger partial charge in [0, 0.05) is 26.7 Å². The molecule has 0 aromatic rings. The Labute approximate surface area is 105 Å². The summed E-state index contributed by atoms with van der Waals surface area (Å²) in [5.41, 5.74) is 5.02. The maximum atomic E-state index is 11.6. The molecule has 102 valence electrons. The van der Waals surface area contributed by atoms with E-state index in [-0.39, 0.29) is 6.09 Å². The summed E-state index contributed by atoms with van der Waals surface area (Å²) < 4.78 is 5.26. The Morgan fingerprint density at radius 1 is 1.18 bits per heavy atom. The molecule has 0 fully saturated rings. The van der Waals surface area contributed by atoms with Gasteiger partial charge in [-0.25, -0.2) is 4.79 Å². The second-order valence-electron chi connectivity index (χ2n) is 5.35. The maximum Gasteiger partial charge on any atom is 0.410 e. The number of nitrogens with zero attached hydrogens (tertiary/aromatic N) is 2. The van der Waals surface area contributed by atoms with E-state index < -0.39 is 5.60 Å². The zero-order valence-corrected chi connectivity index (χ0v) is 11.8. The van der Waals surface area contributed by atoms with Gasteiger partial charge in [0.2, 0.25) is 0 Å². The number of amides is 1. The molecule has 0 rings (SSSR count). The van der Waals surface area contributed by atoms with Crippen molar-refractivity contribution in [3.63, 3.8) is 0 Å². The first-order valence-corrected chi connectivity index (χ1v) is 6.09. The van der Waals surface area contributed by atoms with Gasteiger partial charge in [-0.05, 0) is 40.8 Å². The molecule has 0 unspecified atom stereocenters. The van der Waals surface area contributed by atoms with Crippen LogP contribution in [0.2, 0.25) is 0 Å². The summed E-state index contributed by atoms with van der Waals surface area (Å²) in [6, 6.07) is 0. The fourth-order valence-electron chi connectivity index (χ4n) is 1.34. The fourth-order valence-corrected chi connectivity index (χ4v) is 1.34. The smallest absolute Gasteiger partial charge is 0.410 e. The number of carbonyl (C=O) groups excluding carboxylic acids is 1. The molecule has 5 nitrogen and oxygen atoms in total. The van der Waals surface area contributed by atoms with Crippen molar-refractivity contribution in [1.82, 2.24) is 9.80 Å². The molecule has 0 aliphatic carbocycles. The van der Waals surface area contributed by atoms with Crippen molar-refractivity contribution >= 4 is 6.09 Å². The summed E-state index contributed by atoms with van der Waals surface area (Å²) in [5.74, 6) is 0. The summed E-state index contributed by atoms with van der Waals surface area (Å²) in [5, 5.41) is 0. The molecule has 1 amide bonds. The zero-order valence-electron chi connectivity index (χ0n) is 11.8. The third-order valence-corrected chi connectivity index (χ3v) is 2.25. The summed E-state index contributed by atoms with van der Waals surface area (Å²) in [6.45, 7) is 8.79. The third-order valence-electron chi connectivity index (χ3n) is 2.25. The number of hydrogen-bond donors (Lipinski definition) is 1. The molecule has 0 aromatic carbocycles. The van der Waals surface area contributed by atoms with E-state index in [1.807, 2.05) is 27.8 Å². The van der Waals surface area contributed by atoms with Crippen molar-refractivity contribution in [1.29, 1.82) is 0 Å². The number of rotatable bonds is 6. The van der Waals surface area contributed by atoms with Crippen molar-refractivity contribution in [2.45, 2.75) is 32.8 Å². The van der Waals surface area contributed by atoms with Crippen LogP contribution in [0.3, 0.4) is 0 Å². The Balaban J connectivity index is 3.78. The van der Waals surface area contributed by atoms with E-state index in [1.165, 1.54) is 0 Å². The highest BCUT2D eigenvalue weighted by Crippen LogP contribution is 2.09. The lowest BCUT2D eigenvalue weighted by molar-refractivity contribution is 0.0294. The number of carbonyl (C=O) groups is 1. The Morgan fingerprint density at radius 3 is 2.24 bits per heavy atom. The van der Waals surface area contributed by atoms with Gasteiger partial charge in [-0.3, -0.25) is 0 Å². The molecule has 0 heterocycles. The van der Waals surface area contributed by atoms with Crippen LogP contribution >= 0.6 is 0 Å². The Morgan fingerprint density at radius 2 is 1.76 bits per heavy atom. The van der Waals surface area contributed by atoms with Gasteiger partial charge in [-0.2, -0.15) is 0 Å². The Kier molecular flexibility index (Phi) is 7.15. The van der Waals surface area contributed by atoms with Crippen molar-refractivity contribution in [3.8, 4) is 0 Å². The second-order valence-corrected chi connectivity index (χ2v) is 5.35. The molecular weight excluding hydrogens is 218 g/mol. The number of ether oxygens (including phenoxy) is 1. The monoisotopic (exact) mass is 245 g/mol. The summed E-state index contributed by atoms with van der Waals surface area (Å²) in [4.78, 5) is 15.4. The SMILES string of the molecule is CN(CCN)CCCN(C)C(=O)OC(C)(C)C.